The van der Waals surface area contributed by atoms with Crippen LogP contribution in [-0.4, -0.2) is 52.4 Å². The van der Waals surface area contributed by atoms with Crippen LogP contribution in [0.15, 0.2) is 66.9 Å². The summed E-state index contributed by atoms with van der Waals surface area (Å²) in [7, 11) is 0. The summed E-state index contributed by atoms with van der Waals surface area (Å²) in [6.07, 6.45) is 2.63. The van der Waals surface area contributed by atoms with Gasteiger partial charge in [0.05, 0.1) is 24.9 Å². The molecule has 0 amide bonds. The SMILES string of the molecule is CCCOc1ccc(N2[C@H](C)CN(C[C@@](C)(O)c3ccc(CO)nc3)C[C@H]2c2ccc(Cl)cc2)cc1. The largest absolute Gasteiger partial charge is 0.494 e. The first-order valence-electron chi connectivity index (χ1n) is 12.6. The molecule has 0 aliphatic carbocycles. The van der Waals surface area contributed by atoms with E-state index in [1.54, 1.807) is 12.3 Å². The molecule has 2 aromatic carbocycles. The Labute approximate surface area is 219 Å². The topological polar surface area (TPSA) is 69.1 Å². The van der Waals surface area contributed by atoms with E-state index in [0.29, 0.717) is 23.9 Å². The van der Waals surface area contributed by atoms with Gasteiger partial charge in [0, 0.05) is 48.1 Å². The molecule has 1 aliphatic heterocycles. The number of aromatic nitrogens is 1. The summed E-state index contributed by atoms with van der Waals surface area (Å²) in [6, 6.07) is 20.3. The second-order valence-electron chi connectivity index (χ2n) is 9.83. The van der Waals surface area contributed by atoms with Gasteiger partial charge in [0.2, 0.25) is 0 Å². The van der Waals surface area contributed by atoms with Gasteiger partial charge in [-0.3, -0.25) is 9.88 Å². The molecule has 6 nitrogen and oxygen atoms in total. The van der Waals surface area contributed by atoms with E-state index in [2.05, 4.69) is 52.9 Å². The molecule has 0 unspecified atom stereocenters. The van der Waals surface area contributed by atoms with Gasteiger partial charge in [0.1, 0.15) is 11.4 Å². The molecule has 4 rings (SSSR count). The van der Waals surface area contributed by atoms with Gasteiger partial charge in [-0.25, -0.2) is 0 Å². The molecule has 192 valence electrons. The van der Waals surface area contributed by atoms with Gasteiger partial charge in [-0.1, -0.05) is 36.7 Å². The predicted molar refractivity (Wildman–Crippen MR) is 145 cm³/mol. The smallest absolute Gasteiger partial charge is 0.119 e. The second-order valence-corrected chi connectivity index (χ2v) is 10.3. The fraction of sp³-hybridized carbons (Fsp3) is 0.414. The number of aliphatic hydroxyl groups excluding tert-OH is 1. The van der Waals surface area contributed by atoms with Gasteiger partial charge in [0.15, 0.2) is 0 Å². The molecule has 7 heteroatoms. The van der Waals surface area contributed by atoms with Crippen molar-refractivity contribution in [2.75, 3.05) is 31.1 Å². The minimum atomic E-state index is -1.08. The lowest BCUT2D eigenvalue weighted by Gasteiger charge is -2.48. The molecule has 0 bridgehead atoms. The Morgan fingerprint density at radius 1 is 1.06 bits per heavy atom. The number of pyridine rings is 1. The van der Waals surface area contributed by atoms with Crippen LogP contribution in [-0.2, 0) is 12.2 Å². The Morgan fingerprint density at radius 2 is 1.78 bits per heavy atom. The van der Waals surface area contributed by atoms with Crippen molar-refractivity contribution in [2.24, 2.45) is 0 Å². The molecule has 0 spiro atoms. The van der Waals surface area contributed by atoms with Crippen LogP contribution in [0, 0.1) is 0 Å². The second kappa shape index (κ2) is 11.6. The van der Waals surface area contributed by atoms with Crippen LogP contribution in [0.3, 0.4) is 0 Å². The van der Waals surface area contributed by atoms with Crippen molar-refractivity contribution in [1.29, 1.82) is 0 Å². The number of hydrogen-bond donors (Lipinski definition) is 2. The number of rotatable bonds is 9. The van der Waals surface area contributed by atoms with Crippen LogP contribution in [0.2, 0.25) is 5.02 Å². The number of aliphatic hydroxyl groups is 2. The zero-order valence-corrected chi connectivity index (χ0v) is 22.0. The Balaban J connectivity index is 1.59. The van der Waals surface area contributed by atoms with E-state index in [1.807, 2.05) is 37.3 Å². The van der Waals surface area contributed by atoms with Crippen LogP contribution in [0.1, 0.15) is 50.1 Å². The molecule has 1 fully saturated rings. The third-order valence-electron chi connectivity index (χ3n) is 6.77. The summed E-state index contributed by atoms with van der Waals surface area (Å²) >= 11 is 6.20. The molecule has 36 heavy (non-hydrogen) atoms. The van der Waals surface area contributed by atoms with Crippen LogP contribution in [0.25, 0.3) is 0 Å². The van der Waals surface area contributed by atoms with Crippen LogP contribution >= 0.6 is 11.6 Å². The first kappa shape index (κ1) is 26.4. The molecule has 0 radical (unpaired) electrons. The molecule has 2 heterocycles. The number of nitrogens with zero attached hydrogens (tertiary/aromatic N) is 3. The van der Waals surface area contributed by atoms with Gasteiger partial charge < -0.3 is 19.8 Å². The summed E-state index contributed by atoms with van der Waals surface area (Å²) in [6.45, 7) is 8.77. The highest BCUT2D eigenvalue weighted by atomic mass is 35.5. The molecule has 1 aliphatic rings. The Bertz CT molecular complexity index is 1100. The number of hydrogen-bond acceptors (Lipinski definition) is 6. The van der Waals surface area contributed by atoms with Crippen molar-refractivity contribution in [3.05, 3.63) is 88.7 Å². The summed E-state index contributed by atoms with van der Waals surface area (Å²) < 4.78 is 5.79. The van der Waals surface area contributed by atoms with E-state index in [9.17, 15) is 10.2 Å². The van der Waals surface area contributed by atoms with Crippen molar-refractivity contribution in [1.82, 2.24) is 9.88 Å². The summed E-state index contributed by atoms with van der Waals surface area (Å²) in [5.41, 5.74) is 2.56. The maximum atomic E-state index is 11.4. The molecule has 3 atom stereocenters. The van der Waals surface area contributed by atoms with Crippen molar-refractivity contribution in [3.8, 4) is 5.75 Å². The van der Waals surface area contributed by atoms with Crippen LogP contribution in [0.4, 0.5) is 5.69 Å². The van der Waals surface area contributed by atoms with E-state index in [1.165, 1.54) is 5.56 Å². The number of β-amino-alcohol motifs (C(OH)–C–C–N with tert-alkyl or cyclic N) is 1. The van der Waals surface area contributed by atoms with Crippen molar-refractivity contribution < 1.29 is 14.9 Å². The summed E-state index contributed by atoms with van der Waals surface area (Å²) in [4.78, 5) is 9.03. The van der Waals surface area contributed by atoms with Crippen molar-refractivity contribution in [3.63, 3.8) is 0 Å². The van der Waals surface area contributed by atoms with Crippen LogP contribution in [0.5, 0.6) is 5.75 Å². The van der Waals surface area contributed by atoms with Gasteiger partial charge in [-0.15, -0.1) is 0 Å². The lowest BCUT2D eigenvalue weighted by molar-refractivity contribution is 0.00606. The molecule has 1 aromatic heterocycles. The van der Waals surface area contributed by atoms with Gasteiger partial charge in [-0.05, 0) is 68.3 Å². The average molecular weight is 510 g/mol. The summed E-state index contributed by atoms with van der Waals surface area (Å²) in [5.74, 6) is 0.881. The first-order chi connectivity index (χ1) is 17.3. The third-order valence-corrected chi connectivity index (χ3v) is 7.02. The third kappa shape index (κ3) is 6.19. The quantitative estimate of drug-likeness (QED) is 0.414. The predicted octanol–water partition coefficient (Wildman–Crippen LogP) is 5.18. The number of piperazine rings is 1. The number of ether oxygens (including phenoxy) is 1. The van der Waals surface area contributed by atoms with E-state index >= 15 is 0 Å². The number of halogens is 1. The molecular formula is C29H36ClN3O3. The maximum absolute atomic E-state index is 11.4. The maximum Gasteiger partial charge on any atom is 0.119 e. The molecule has 3 aromatic rings. The van der Waals surface area contributed by atoms with Crippen molar-refractivity contribution >= 4 is 17.3 Å². The Hall–Kier alpha value is -2.64. The average Bonchev–Trinajstić information content (AvgIpc) is 2.88. The number of benzene rings is 2. The molecule has 2 N–H and O–H groups in total. The first-order valence-corrected chi connectivity index (χ1v) is 13.0. The van der Waals surface area contributed by atoms with Gasteiger partial charge in [-0.2, -0.15) is 0 Å². The lowest BCUT2D eigenvalue weighted by Crippen LogP contribution is -2.56. The standard InChI is InChI=1S/C29H36ClN3O3/c1-4-15-36-27-13-11-26(12-14-27)33-21(2)17-32(18-28(33)22-5-8-24(30)9-6-22)20-29(3,35)23-7-10-25(19-34)31-16-23/h5-14,16,21,28,34-35H,4,15,17-20H2,1-3H3/t21-,28+,29-/m1/s1. The molecular weight excluding hydrogens is 474 g/mol. The highest BCUT2D eigenvalue weighted by molar-refractivity contribution is 6.30. The fourth-order valence-corrected chi connectivity index (χ4v) is 5.11. The minimum Gasteiger partial charge on any atom is -0.494 e. The Morgan fingerprint density at radius 3 is 2.39 bits per heavy atom. The fourth-order valence-electron chi connectivity index (χ4n) is 4.99. The van der Waals surface area contributed by atoms with Crippen LogP contribution < -0.4 is 9.64 Å². The van der Waals surface area contributed by atoms with E-state index < -0.39 is 5.60 Å². The monoisotopic (exact) mass is 509 g/mol. The zero-order valence-electron chi connectivity index (χ0n) is 21.3. The highest BCUT2D eigenvalue weighted by Gasteiger charge is 2.36. The number of anilines is 1. The van der Waals surface area contributed by atoms with Gasteiger partial charge >= 0.3 is 0 Å². The zero-order chi connectivity index (χ0) is 25.7. The van der Waals surface area contributed by atoms with E-state index in [4.69, 9.17) is 16.3 Å². The Kier molecular flexibility index (Phi) is 8.52. The summed E-state index contributed by atoms with van der Waals surface area (Å²) in [5, 5.41) is 21.4. The van der Waals surface area contributed by atoms with E-state index in [0.717, 1.165) is 36.5 Å². The minimum absolute atomic E-state index is 0.0825. The molecule has 0 saturated carbocycles. The highest BCUT2D eigenvalue weighted by Crippen LogP contribution is 2.36. The van der Waals surface area contributed by atoms with Crippen molar-refractivity contribution in [2.45, 2.75) is 51.5 Å². The van der Waals surface area contributed by atoms with E-state index in [-0.39, 0.29) is 18.7 Å². The molecule has 1 saturated heterocycles. The van der Waals surface area contributed by atoms with Gasteiger partial charge in [0.25, 0.3) is 0 Å². The lowest BCUT2D eigenvalue weighted by atomic mass is 9.93. The normalized spacial score (nSPS) is 20.2.